The summed E-state index contributed by atoms with van der Waals surface area (Å²) >= 11 is 5.93. The molecule has 0 spiro atoms. The second-order valence-corrected chi connectivity index (χ2v) is 8.24. The van der Waals surface area contributed by atoms with E-state index in [0.717, 1.165) is 22.6 Å². The molecular formula is C31H56ClF. The van der Waals surface area contributed by atoms with E-state index in [-0.39, 0.29) is 5.82 Å². The molecule has 0 bridgehead atoms. The molecule has 0 nitrogen and oxygen atoms in total. The van der Waals surface area contributed by atoms with Crippen LogP contribution in [0.1, 0.15) is 132 Å². The van der Waals surface area contributed by atoms with Crippen molar-refractivity contribution in [2.24, 2.45) is 5.92 Å². The highest BCUT2D eigenvalue weighted by molar-refractivity contribution is 6.31. The maximum Gasteiger partial charge on any atom is 0.123 e. The van der Waals surface area contributed by atoms with Crippen LogP contribution >= 0.6 is 11.6 Å². The minimum absolute atomic E-state index is 0.108. The van der Waals surface area contributed by atoms with Gasteiger partial charge in [-0.3, -0.25) is 0 Å². The predicted octanol–water partition coefficient (Wildman–Crippen LogP) is 12.1. The second-order valence-electron chi connectivity index (χ2n) is 7.80. The maximum absolute atomic E-state index is 13.3. The first-order valence-electron chi connectivity index (χ1n) is 13.0. The molecule has 1 rings (SSSR count). The van der Waals surface area contributed by atoms with Crippen molar-refractivity contribution in [2.75, 3.05) is 0 Å². The number of hydrogen-bond donors (Lipinski definition) is 0. The van der Waals surface area contributed by atoms with Gasteiger partial charge in [-0.2, -0.15) is 0 Å². The molecule has 0 heterocycles. The first-order valence-corrected chi connectivity index (χ1v) is 13.4. The van der Waals surface area contributed by atoms with Gasteiger partial charge in [-0.05, 0) is 78.5 Å². The maximum atomic E-state index is 13.3. The number of rotatable bonds is 6. The van der Waals surface area contributed by atoms with Crippen LogP contribution in [0.25, 0.3) is 0 Å². The molecule has 1 aromatic rings. The van der Waals surface area contributed by atoms with Crippen LogP contribution in [0.15, 0.2) is 47.0 Å². The van der Waals surface area contributed by atoms with E-state index < -0.39 is 0 Å². The summed E-state index contributed by atoms with van der Waals surface area (Å²) in [4.78, 5) is 0. The largest absolute Gasteiger partial charge is 0.207 e. The SMILES string of the molecule is CC.CC.CC.C\C=C(Cl)/C=C(\C=C\CC)C(C)C.Cc1c(C(C)C)cc(F)cc1C(C)C. The summed E-state index contributed by atoms with van der Waals surface area (Å²) in [5.74, 6) is 1.20. The van der Waals surface area contributed by atoms with E-state index in [1.807, 2.05) is 60.6 Å². The van der Waals surface area contributed by atoms with E-state index in [2.05, 4.69) is 67.5 Å². The molecule has 0 unspecified atom stereocenters. The number of benzene rings is 1. The average molecular weight is 483 g/mol. The minimum atomic E-state index is -0.108. The average Bonchev–Trinajstić information content (AvgIpc) is 2.81. The smallest absolute Gasteiger partial charge is 0.123 e. The molecule has 0 fully saturated rings. The highest BCUT2D eigenvalue weighted by Crippen LogP contribution is 2.28. The summed E-state index contributed by atoms with van der Waals surface area (Å²) in [6, 6.07) is 3.32. The Morgan fingerprint density at radius 2 is 1.27 bits per heavy atom. The van der Waals surface area contributed by atoms with Gasteiger partial charge >= 0.3 is 0 Å². The van der Waals surface area contributed by atoms with E-state index in [1.165, 1.54) is 11.1 Å². The molecular weight excluding hydrogens is 427 g/mol. The van der Waals surface area contributed by atoms with Gasteiger partial charge in [-0.15, -0.1) is 0 Å². The summed E-state index contributed by atoms with van der Waals surface area (Å²) < 4.78 is 13.3. The Morgan fingerprint density at radius 1 is 0.879 bits per heavy atom. The fraction of sp³-hybridized carbons (Fsp3) is 0.613. The molecule has 194 valence electrons. The Morgan fingerprint density at radius 3 is 1.55 bits per heavy atom. The highest BCUT2D eigenvalue weighted by Gasteiger charge is 2.12. The van der Waals surface area contributed by atoms with Gasteiger partial charge in [0.15, 0.2) is 0 Å². The Labute approximate surface area is 213 Å². The summed E-state index contributed by atoms with van der Waals surface area (Å²) in [6.07, 6.45) is 9.31. The first-order chi connectivity index (χ1) is 15.5. The second kappa shape index (κ2) is 25.3. The lowest BCUT2D eigenvalue weighted by Crippen LogP contribution is -2.00. The predicted molar refractivity (Wildman–Crippen MR) is 155 cm³/mol. The van der Waals surface area contributed by atoms with Crippen molar-refractivity contribution in [1.29, 1.82) is 0 Å². The van der Waals surface area contributed by atoms with Gasteiger partial charge in [0.1, 0.15) is 5.82 Å². The van der Waals surface area contributed by atoms with Crippen molar-refractivity contribution >= 4 is 11.6 Å². The van der Waals surface area contributed by atoms with Gasteiger partial charge in [-0.1, -0.05) is 120 Å². The molecule has 0 radical (unpaired) electrons. The quantitative estimate of drug-likeness (QED) is 0.353. The van der Waals surface area contributed by atoms with Crippen molar-refractivity contribution in [1.82, 2.24) is 0 Å². The van der Waals surface area contributed by atoms with Crippen molar-refractivity contribution < 1.29 is 4.39 Å². The third-order valence-corrected chi connectivity index (χ3v) is 4.82. The van der Waals surface area contributed by atoms with Crippen molar-refractivity contribution in [3.05, 3.63) is 69.5 Å². The van der Waals surface area contributed by atoms with Crippen molar-refractivity contribution in [3.63, 3.8) is 0 Å². The summed E-state index contributed by atoms with van der Waals surface area (Å²) in [7, 11) is 0. The van der Waals surface area contributed by atoms with Gasteiger partial charge in [0, 0.05) is 5.03 Å². The van der Waals surface area contributed by atoms with Crippen LogP contribution in [0, 0.1) is 18.7 Å². The molecule has 0 saturated carbocycles. The molecule has 0 aliphatic rings. The number of allylic oxidation sites excluding steroid dienone is 6. The fourth-order valence-electron chi connectivity index (χ4n) is 2.83. The lowest BCUT2D eigenvalue weighted by atomic mass is 9.89. The van der Waals surface area contributed by atoms with E-state index in [9.17, 15) is 4.39 Å². The van der Waals surface area contributed by atoms with Crippen LogP contribution in [0.2, 0.25) is 0 Å². The Hall–Kier alpha value is -1.34. The highest BCUT2D eigenvalue weighted by atomic mass is 35.5. The molecule has 0 aliphatic heterocycles. The monoisotopic (exact) mass is 482 g/mol. The molecule has 0 aromatic heterocycles. The molecule has 1 aromatic carbocycles. The summed E-state index contributed by atoms with van der Waals surface area (Å²) in [5, 5.41) is 0.810. The Kier molecular flexibility index (Phi) is 29.8. The zero-order valence-corrected chi connectivity index (χ0v) is 25.4. The third kappa shape index (κ3) is 18.7. The zero-order chi connectivity index (χ0) is 27.1. The molecule has 2 heteroatoms. The van der Waals surface area contributed by atoms with E-state index in [0.29, 0.717) is 17.8 Å². The summed E-state index contributed by atoms with van der Waals surface area (Å²) in [6.45, 7) is 30.9. The van der Waals surface area contributed by atoms with Crippen LogP contribution < -0.4 is 0 Å². The molecule has 0 aliphatic carbocycles. The van der Waals surface area contributed by atoms with Crippen LogP contribution in [-0.4, -0.2) is 0 Å². The van der Waals surface area contributed by atoms with Gasteiger partial charge in [0.25, 0.3) is 0 Å². The first kappa shape index (κ1) is 38.9. The topological polar surface area (TPSA) is 0 Å². The van der Waals surface area contributed by atoms with Crippen molar-refractivity contribution in [2.45, 2.75) is 122 Å². The van der Waals surface area contributed by atoms with Gasteiger partial charge in [0.05, 0.1) is 0 Å². The lowest BCUT2D eigenvalue weighted by molar-refractivity contribution is 0.616. The van der Waals surface area contributed by atoms with Gasteiger partial charge in [-0.25, -0.2) is 4.39 Å². The van der Waals surface area contributed by atoms with Crippen molar-refractivity contribution in [3.8, 4) is 0 Å². The number of hydrogen-bond acceptors (Lipinski definition) is 0. The lowest BCUT2D eigenvalue weighted by Gasteiger charge is -2.16. The van der Waals surface area contributed by atoms with E-state index in [1.54, 1.807) is 12.1 Å². The third-order valence-electron chi connectivity index (χ3n) is 4.49. The molecule has 33 heavy (non-hydrogen) atoms. The molecule has 0 amide bonds. The minimum Gasteiger partial charge on any atom is -0.207 e. The van der Waals surface area contributed by atoms with Crippen LogP contribution in [0.4, 0.5) is 4.39 Å². The fourth-order valence-corrected chi connectivity index (χ4v) is 2.95. The number of halogens is 2. The van der Waals surface area contributed by atoms with E-state index in [4.69, 9.17) is 11.6 Å². The van der Waals surface area contributed by atoms with E-state index >= 15 is 0 Å². The molecule has 0 atom stereocenters. The zero-order valence-electron chi connectivity index (χ0n) is 24.7. The normalized spacial score (nSPS) is 11.2. The van der Waals surface area contributed by atoms with Gasteiger partial charge < -0.3 is 0 Å². The standard InChI is InChI=1S/C13H19F.C12H19Cl.3C2H6/c1-8(2)12-6-11(14)7-13(9(3)4)10(12)5;1-5-7-8-11(10(3)4)9-12(13)6-2;3*1-2/h6-9H,1-5H3;6-10H,5H2,1-4H3;3*1-2H3/b;8-7+,11-9+,12-6+;;;. The van der Waals surface area contributed by atoms with Crippen LogP contribution in [0.5, 0.6) is 0 Å². The molecule has 0 saturated heterocycles. The Balaban J connectivity index is -0.000000208. The van der Waals surface area contributed by atoms with Gasteiger partial charge in [0.2, 0.25) is 0 Å². The summed E-state index contributed by atoms with van der Waals surface area (Å²) in [5.41, 5.74) is 4.80. The Bertz CT molecular complexity index is 632. The molecule has 0 N–H and O–H groups in total. The van der Waals surface area contributed by atoms with Crippen LogP contribution in [0.3, 0.4) is 0 Å². The van der Waals surface area contributed by atoms with Crippen LogP contribution in [-0.2, 0) is 0 Å².